The minimum atomic E-state index is 0.612. The van der Waals surface area contributed by atoms with E-state index in [4.69, 9.17) is 16.3 Å². The molecule has 1 heterocycles. The van der Waals surface area contributed by atoms with Gasteiger partial charge in [0.1, 0.15) is 5.75 Å². The first kappa shape index (κ1) is 10.5. The van der Waals surface area contributed by atoms with Gasteiger partial charge in [-0.2, -0.15) is 0 Å². The SMILES string of the molecule is COc1ccc(-c2csc(C)n2)cc1Cl. The average Bonchev–Trinajstić information content (AvgIpc) is 2.65. The highest BCUT2D eigenvalue weighted by atomic mass is 35.5. The summed E-state index contributed by atoms with van der Waals surface area (Å²) in [6, 6.07) is 5.68. The average molecular weight is 240 g/mol. The monoisotopic (exact) mass is 239 g/mol. The standard InChI is InChI=1S/C11H10ClNOS/c1-7-13-10(6-15-7)8-3-4-11(14-2)9(12)5-8/h3-6H,1-2H3. The number of rotatable bonds is 2. The quantitative estimate of drug-likeness (QED) is 0.796. The highest BCUT2D eigenvalue weighted by Crippen LogP contribution is 2.30. The molecular weight excluding hydrogens is 230 g/mol. The zero-order valence-corrected chi connectivity index (χ0v) is 10.0. The summed E-state index contributed by atoms with van der Waals surface area (Å²) in [6.45, 7) is 1.99. The van der Waals surface area contributed by atoms with Crippen LogP contribution in [0.4, 0.5) is 0 Å². The molecule has 0 aliphatic rings. The minimum absolute atomic E-state index is 0.612. The predicted octanol–water partition coefficient (Wildman–Crippen LogP) is 3.78. The van der Waals surface area contributed by atoms with Crippen molar-refractivity contribution in [3.8, 4) is 17.0 Å². The number of hydrogen-bond acceptors (Lipinski definition) is 3. The molecule has 0 unspecified atom stereocenters. The zero-order valence-electron chi connectivity index (χ0n) is 8.45. The van der Waals surface area contributed by atoms with Gasteiger partial charge < -0.3 is 4.74 Å². The fourth-order valence-electron chi connectivity index (χ4n) is 1.32. The van der Waals surface area contributed by atoms with Crippen LogP contribution in [0.3, 0.4) is 0 Å². The first-order valence-electron chi connectivity index (χ1n) is 4.47. The Bertz CT molecular complexity index is 481. The van der Waals surface area contributed by atoms with Crippen LogP contribution in [-0.2, 0) is 0 Å². The Morgan fingerprint density at radius 3 is 2.73 bits per heavy atom. The lowest BCUT2D eigenvalue weighted by Gasteiger charge is -2.03. The van der Waals surface area contributed by atoms with Gasteiger partial charge in [0.15, 0.2) is 0 Å². The van der Waals surface area contributed by atoms with Gasteiger partial charge >= 0.3 is 0 Å². The maximum atomic E-state index is 6.04. The van der Waals surface area contributed by atoms with Gasteiger partial charge in [-0.3, -0.25) is 0 Å². The van der Waals surface area contributed by atoms with E-state index in [0.29, 0.717) is 10.8 Å². The van der Waals surface area contributed by atoms with Crippen molar-refractivity contribution in [3.05, 3.63) is 33.6 Å². The highest BCUT2D eigenvalue weighted by molar-refractivity contribution is 7.09. The molecule has 0 N–H and O–H groups in total. The first-order valence-corrected chi connectivity index (χ1v) is 5.72. The van der Waals surface area contributed by atoms with Crippen molar-refractivity contribution >= 4 is 22.9 Å². The van der Waals surface area contributed by atoms with Crippen molar-refractivity contribution in [2.75, 3.05) is 7.11 Å². The predicted molar refractivity (Wildman–Crippen MR) is 63.8 cm³/mol. The molecular formula is C11H10ClNOS. The molecule has 2 aromatic rings. The summed E-state index contributed by atoms with van der Waals surface area (Å²) < 4.78 is 5.09. The molecule has 0 saturated carbocycles. The number of thiazole rings is 1. The molecule has 0 aliphatic carbocycles. The number of methoxy groups -OCH3 is 1. The lowest BCUT2D eigenvalue weighted by atomic mass is 10.2. The largest absolute Gasteiger partial charge is 0.495 e. The van der Waals surface area contributed by atoms with E-state index in [0.717, 1.165) is 16.3 Å². The van der Waals surface area contributed by atoms with Crippen LogP contribution in [0.5, 0.6) is 5.75 Å². The number of halogens is 1. The molecule has 4 heteroatoms. The molecule has 0 fully saturated rings. The van der Waals surface area contributed by atoms with Crippen molar-refractivity contribution in [2.45, 2.75) is 6.92 Å². The summed E-state index contributed by atoms with van der Waals surface area (Å²) in [5.74, 6) is 0.687. The van der Waals surface area contributed by atoms with Crippen LogP contribution in [0.1, 0.15) is 5.01 Å². The van der Waals surface area contributed by atoms with Crippen molar-refractivity contribution in [2.24, 2.45) is 0 Å². The number of nitrogens with zero attached hydrogens (tertiary/aromatic N) is 1. The molecule has 0 saturated heterocycles. The second-order valence-corrected chi connectivity index (χ2v) is 4.57. The van der Waals surface area contributed by atoms with E-state index in [9.17, 15) is 0 Å². The van der Waals surface area contributed by atoms with Crippen LogP contribution in [0, 0.1) is 6.92 Å². The van der Waals surface area contributed by atoms with Crippen LogP contribution in [0.2, 0.25) is 5.02 Å². The van der Waals surface area contributed by atoms with Gasteiger partial charge in [-0.15, -0.1) is 11.3 Å². The van der Waals surface area contributed by atoms with Gasteiger partial charge in [-0.1, -0.05) is 11.6 Å². The summed E-state index contributed by atoms with van der Waals surface area (Å²) in [5, 5.41) is 3.69. The van der Waals surface area contributed by atoms with Gasteiger partial charge in [-0.25, -0.2) is 4.98 Å². The van der Waals surface area contributed by atoms with Gasteiger partial charge in [0.05, 0.1) is 22.8 Å². The van der Waals surface area contributed by atoms with Gasteiger partial charge in [0.2, 0.25) is 0 Å². The number of ether oxygens (including phenoxy) is 1. The molecule has 15 heavy (non-hydrogen) atoms. The zero-order chi connectivity index (χ0) is 10.8. The first-order chi connectivity index (χ1) is 7.20. The lowest BCUT2D eigenvalue weighted by Crippen LogP contribution is -1.85. The number of benzene rings is 1. The van der Waals surface area contributed by atoms with Crippen molar-refractivity contribution in [1.29, 1.82) is 0 Å². The summed E-state index contributed by atoms with van der Waals surface area (Å²) >= 11 is 7.67. The maximum absolute atomic E-state index is 6.04. The Morgan fingerprint density at radius 1 is 1.40 bits per heavy atom. The van der Waals surface area contributed by atoms with E-state index in [1.54, 1.807) is 18.4 Å². The fraction of sp³-hybridized carbons (Fsp3) is 0.182. The number of hydrogen-bond donors (Lipinski definition) is 0. The Hall–Kier alpha value is -1.06. The second-order valence-electron chi connectivity index (χ2n) is 3.10. The topological polar surface area (TPSA) is 22.1 Å². The summed E-state index contributed by atoms with van der Waals surface area (Å²) in [6.07, 6.45) is 0. The smallest absolute Gasteiger partial charge is 0.137 e. The Kier molecular flexibility index (Phi) is 2.93. The van der Waals surface area contributed by atoms with Crippen molar-refractivity contribution in [3.63, 3.8) is 0 Å². The Labute approximate surface area is 97.5 Å². The van der Waals surface area contributed by atoms with Crippen LogP contribution in [0.25, 0.3) is 11.3 Å². The number of aromatic nitrogens is 1. The molecule has 0 aliphatic heterocycles. The molecule has 2 rings (SSSR count). The third-order valence-electron chi connectivity index (χ3n) is 2.07. The molecule has 78 valence electrons. The van der Waals surface area contributed by atoms with Gasteiger partial charge in [0, 0.05) is 10.9 Å². The molecule has 0 spiro atoms. The fourth-order valence-corrected chi connectivity index (χ4v) is 2.20. The van der Waals surface area contributed by atoms with Crippen LogP contribution < -0.4 is 4.74 Å². The molecule has 1 aromatic heterocycles. The van der Waals surface area contributed by atoms with Crippen LogP contribution >= 0.6 is 22.9 Å². The van der Waals surface area contributed by atoms with E-state index in [2.05, 4.69) is 4.98 Å². The summed E-state index contributed by atoms with van der Waals surface area (Å²) in [5.41, 5.74) is 1.98. The van der Waals surface area contributed by atoms with Gasteiger partial charge in [0.25, 0.3) is 0 Å². The molecule has 1 aromatic carbocycles. The second kappa shape index (κ2) is 4.21. The van der Waals surface area contributed by atoms with E-state index < -0.39 is 0 Å². The molecule has 2 nitrogen and oxygen atoms in total. The van der Waals surface area contributed by atoms with Crippen LogP contribution in [-0.4, -0.2) is 12.1 Å². The Balaban J connectivity index is 2.42. The summed E-state index contributed by atoms with van der Waals surface area (Å²) in [7, 11) is 1.61. The van der Waals surface area contributed by atoms with Gasteiger partial charge in [-0.05, 0) is 25.1 Å². The Morgan fingerprint density at radius 2 is 2.20 bits per heavy atom. The van der Waals surface area contributed by atoms with Crippen LogP contribution in [0.15, 0.2) is 23.6 Å². The van der Waals surface area contributed by atoms with E-state index in [-0.39, 0.29) is 0 Å². The number of aryl methyl sites for hydroxylation is 1. The van der Waals surface area contributed by atoms with Crippen molar-refractivity contribution < 1.29 is 4.74 Å². The third-order valence-corrected chi connectivity index (χ3v) is 3.14. The normalized spacial score (nSPS) is 10.3. The molecule has 0 radical (unpaired) electrons. The van der Waals surface area contributed by atoms with E-state index in [1.165, 1.54) is 0 Å². The maximum Gasteiger partial charge on any atom is 0.137 e. The highest BCUT2D eigenvalue weighted by Gasteiger charge is 2.05. The molecule has 0 bridgehead atoms. The third kappa shape index (κ3) is 2.13. The van der Waals surface area contributed by atoms with Crippen molar-refractivity contribution in [1.82, 2.24) is 4.98 Å². The minimum Gasteiger partial charge on any atom is -0.495 e. The summed E-state index contributed by atoms with van der Waals surface area (Å²) in [4.78, 5) is 4.40. The molecule has 0 amide bonds. The molecule has 0 atom stereocenters. The lowest BCUT2D eigenvalue weighted by molar-refractivity contribution is 0.415. The van der Waals surface area contributed by atoms with E-state index in [1.807, 2.05) is 30.5 Å². The van der Waals surface area contributed by atoms with E-state index >= 15 is 0 Å².